The number of fused-ring (bicyclic) bond motifs is 1. The van der Waals surface area contributed by atoms with Crippen LogP contribution in [-0.4, -0.2) is 31.8 Å². The quantitative estimate of drug-likeness (QED) is 0.828. The molecular formula is C9H10N2O3S. The van der Waals surface area contributed by atoms with E-state index in [9.17, 15) is 8.42 Å². The summed E-state index contributed by atoms with van der Waals surface area (Å²) >= 11 is 0. The molecule has 0 amide bonds. The highest BCUT2D eigenvalue weighted by molar-refractivity contribution is 7.90. The van der Waals surface area contributed by atoms with Crippen molar-refractivity contribution in [2.75, 3.05) is 13.4 Å². The van der Waals surface area contributed by atoms with E-state index in [0.717, 1.165) is 6.26 Å². The van der Waals surface area contributed by atoms with Crippen LogP contribution in [-0.2, 0) is 9.84 Å². The number of aromatic nitrogens is 2. The van der Waals surface area contributed by atoms with Crippen molar-refractivity contribution in [2.45, 2.75) is 5.16 Å². The smallest absolute Gasteiger partial charge is 0.225 e. The summed E-state index contributed by atoms with van der Waals surface area (Å²) in [5.74, 6) is 0.647. The number of aromatic amines is 1. The summed E-state index contributed by atoms with van der Waals surface area (Å²) in [6, 6.07) is 5.16. The Morgan fingerprint density at radius 2 is 2.13 bits per heavy atom. The van der Waals surface area contributed by atoms with E-state index >= 15 is 0 Å². The molecule has 0 unspecified atom stereocenters. The number of hydrogen-bond acceptors (Lipinski definition) is 4. The second kappa shape index (κ2) is 3.23. The van der Waals surface area contributed by atoms with Gasteiger partial charge in [0, 0.05) is 12.3 Å². The molecule has 5 nitrogen and oxygen atoms in total. The number of methoxy groups -OCH3 is 1. The van der Waals surface area contributed by atoms with Gasteiger partial charge in [-0.25, -0.2) is 13.4 Å². The molecule has 1 heterocycles. The number of imidazole rings is 1. The van der Waals surface area contributed by atoms with Gasteiger partial charge in [0.1, 0.15) is 5.75 Å². The molecule has 1 N–H and O–H groups in total. The molecular weight excluding hydrogens is 216 g/mol. The number of ether oxygens (including phenoxy) is 1. The van der Waals surface area contributed by atoms with E-state index in [4.69, 9.17) is 4.74 Å². The molecule has 0 atom stereocenters. The third kappa shape index (κ3) is 1.80. The first-order chi connectivity index (χ1) is 7.00. The summed E-state index contributed by atoms with van der Waals surface area (Å²) in [5, 5.41) is -0.0225. The number of rotatable bonds is 2. The van der Waals surface area contributed by atoms with Crippen molar-refractivity contribution in [1.82, 2.24) is 9.97 Å². The zero-order valence-corrected chi connectivity index (χ0v) is 9.13. The molecule has 0 bridgehead atoms. The lowest BCUT2D eigenvalue weighted by atomic mass is 10.3. The third-order valence-corrected chi connectivity index (χ3v) is 2.92. The van der Waals surface area contributed by atoms with Crippen molar-refractivity contribution in [1.29, 1.82) is 0 Å². The molecule has 0 aliphatic carbocycles. The van der Waals surface area contributed by atoms with Crippen molar-refractivity contribution >= 4 is 20.9 Å². The van der Waals surface area contributed by atoms with E-state index < -0.39 is 9.84 Å². The van der Waals surface area contributed by atoms with Gasteiger partial charge in [-0.05, 0) is 12.1 Å². The molecule has 2 aromatic rings. The van der Waals surface area contributed by atoms with Gasteiger partial charge in [0.2, 0.25) is 15.0 Å². The highest BCUT2D eigenvalue weighted by atomic mass is 32.2. The van der Waals surface area contributed by atoms with Crippen molar-refractivity contribution in [3.63, 3.8) is 0 Å². The molecule has 15 heavy (non-hydrogen) atoms. The average molecular weight is 226 g/mol. The largest absolute Gasteiger partial charge is 0.497 e. The number of nitrogens with zero attached hydrogens (tertiary/aromatic N) is 1. The van der Waals surface area contributed by atoms with Gasteiger partial charge in [-0.15, -0.1) is 0 Å². The Morgan fingerprint density at radius 3 is 2.73 bits per heavy atom. The molecule has 2 rings (SSSR count). The Hall–Kier alpha value is -1.56. The van der Waals surface area contributed by atoms with Crippen LogP contribution in [0.2, 0.25) is 0 Å². The number of benzene rings is 1. The fourth-order valence-corrected chi connectivity index (χ4v) is 1.82. The Morgan fingerprint density at radius 1 is 1.40 bits per heavy atom. The second-order valence-corrected chi connectivity index (χ2v) is 5.13. The highest BCUT2D eigenvalue weighted by Gasteiger charge is 2.12. The molecule has 0 spiro atoms. The first-order valence-electron chi connectivity index (χ1n) is 4.24. The number of hydrogen-bond donors (Lipinski definition) is 1. The maximum atomic E-state index is 11.2. The zero-order chi connectivity index (χ0) is 11.1. The molecule has 0 aliphatic rings. The first kappa shape index (κ1) is 9.97. The Bertz CT molecular complexity index is 601. The van der Waals surface area contributed by atoms with Crippen LogP contribution in [0.15, 0.2) is 23.4 Å². The number of sulfone groups is 1. The number of nitrogens with one attached hydrogen (secondary N) is 1. The van der Waals surface area contributed by atoms with Gasteiger partial charge in [0.25, 0.3) is 0 Å². The molecule has 0 radical (unpaired) electrons. The summed E-state index contributed by atoms with van der Waals surface area (Å²) in [7, 11) is -1.74. The fourth-order valence-electron chi connectivity index (χ4n) is 1.26. The molecule has 1 aromatic carbocycles. The maximum Gasteiger partial charge on any atom is 0.225 e. The van der Waals surface area contributed by atoms with Crippen LogP contribution in [0.5, 0.6) is 5.75 Å². The van der Waals surface area contributed by atoms with Gasteiger partial charge < -0.3 is 9.72 Å². The van der Waals surface area contributed by atoms with Crippen LogP contribution in [0.3, 0.4) is 0 Å². The molecule has 0 aliphatic heterocycles. The van der Waals surface area contributed by atoms with Crippen molar-refractivity contribution in [3.8, 4) is 5.75 Å². The Kier molecular flexibility index (Phi) is 2.15. The lowest BCUT2D eigenvalue weighted by molar-refractivity contribution is 0.415. The van der Waals surface area contributed by atoms with Crippen molar-refractivity contribution < 1.29 is 13.2 Å². The molecule has 0 saturated carbocycles. The summed E-state index contributed by atoms with van der Waals surface area (Å²) in [6.45, 7) is 0. The molecule has 0 saturated heterocycles. The van der Waals surface area contributed by atoms with Gasteiger partial charge in [-0.1, -0.05) is 0 Å². The minimum absolute atomic E-state index is 0.0225. The maximum absolute atomic E-state index is 11.2. The standard InChI is InChI=1S/C9H10N2O3S/c1-14-6-3-4-7-8(5-6)11-9(10-7)15(2,12)13/h3-5H,1-2H3,(H,10,11). The van der Waals surface area contributed by atoms with Crippen LogP contribution in [0.4, 0.5) is 0 Å². The van der Waals surface area contributed by atoms with E-state index in [2.05, 4.69) is 9.97 Å². The zero-order valence-electron chi connectivity index (χ0n) is 8.31. The summed E-state index contributed by atoms with van der Waals surface area (Å²) < 4.78 is 27.5. The summed E-state index contributed by atoms with van der Waals surface area (Å²) in [4.78, 5) is 6.70. The average Bonchev–Trinajstić information content (AvgIpc) is 2.59. The van der Waals surface area contributed by atoms with Gasteiger partial charge in [-0.2, -0.15) is 0 Å². The molecule has 1 aromatic heterocycles. The Labute approximate surface area is 87.0 Å². The lowest BCUT2D eigenvalue weighted by Gasteiger charge is -1.96. The highest BCUT2D eigenvalue weighted by Crippen LogP contribution is 2.19. The minimum Gasteiger partial charge on any atom is -0.497 e. The predicted octanol–water partition coefficient (Wildman–Crippen LogP) is 0.975. The Balaban J connectivity index is 2.66. The third-order valence-electron chi connectivity index (χ3n) is 2.02. The van der Waals surface area contributed by atoms with E-state index in [0.29, 0.717) is 16.8 Å². The molecule has 0 fully saturated rings. The predicted molar refractivity (Wildman–Crippen MR) is 55.8 cm³/mol. The summed E-state index contributed by atoms with van der Waals surface area (Å²) in [5.41, 5.74) is 1.26. The topological polar surface area (TPSA) is 72.1 Å². The van der Waals surface area contributed by atoms with Crippen molar-refractivity contribution in [2.24, 2.45) is 0 Å². The number of H-pyrrole nitrogens is 1. The van der Waals surface area contributed by atoms with E-state index in [-0.39, 0.29) is 5.16 Å². The minimum atomic E-state index is -3.29. The second-order valence-electron chi connectivity index (χ2n) is 3.20. The lowest BCUT2D eigenvalue weighted by Crippen LogP contribution is -1.98. The van der Waals surface area contributed by atoms with Crippen LogP contribution >= 0.6 is 0 Å². The van der Waals surface area contributed by atoms with E-state index in [1.54, 1.807) is 25.3 Å². The molecule has 80 valence electrons. The summed E-state index contributed by atoms with van der Waals surface area (Å²) in [6.07, 6.45) is 1.11. The SMILES string of the molecule is COc1ccc2[nH]c(S(C)(=O)=O)nc2c1. The van der Waals surface area contributed by atoms with Gasteiger partial charge in [-0.3, -0.25) is 0 Å². The monoisotopic (exact) mass is 226 g/mol. The van der Waals surface area contributed by atoms with Crippen LogP contribution in [0.1, 0.15) is 0 Å². The van der Waals surface area contributed by atoms with Crippen LogP contribution < -0.4 is 4.74 Å². The van der Waals surface area contributed by atoms with E-state index in [1.165, 1.54) is 0 Å². The van der Waals surface area contributed by atoms with E-state index in [1.807, 2.05) is 0 Å². The molecule has 6 heteroatoms. The van der Waals surface area contributed by atoms with Crippen molar-refractivity contribution in [3.05, 3.63) is 18.2 Å². The normalized spacial score (nSPS) is 11.9. The van der Waals surface area contributed by atoms with Gasteiger partial charge in [0.15, 0.2) is 0 Å². The van der Waals surface area contributed by atoms with Crippen LogP contribution in [0, 0.1) is 0 Å². The van der Waals surface area contributed by atoms with Crippen LogP contribution in [0.25, 0.3) is 11.0 Å². The fraction of sp³-hybridized carbons (Fsp3) is 0.222. The van der Waals surface area contributed by atoms with Gasteiger partial charge >= 0.3 is 0 Å². The first-order valence-corrected chi connectivity index (χ1v) is 6.13. The van der Waals surface area contributed by atoms with Gasteiger partial charge in [0.05, 0.1) is 18.1 Å².